The van der Waals surface area contributed by atoms with Crippen LogP contribution in [0, 0.1) is 0 Å². The first kappa shape index (κ1) is 29.6. The molecule has 4 N–H and O–H groups in total. The number of aliphatic hydroxyl groups excluding tert-OH is 1. The number of hydrogen-bond acceptors (Lipinski definition) is 7. The molecule has 0 radical (unpaired) electrons. The van der Waals surface area contributed by atoms with Gasteiger partial charge < -0.3 is 30.5 Å². The third-order valence-electron chi connectivity index (χ3n) is 6.53. The molecule has 10 nitrogen and oxygen atoms in total. The summed E-state index contributed by atoms with van der Waals surface area (Å²) in [7, 11) is 0. The normalized spacial score (nSPS) is 17.7. The summed E-state index contributed by atoms with van der Waals surface area (Å²) in [6.45, 7) is -0.376. The minimum atomic E-state index is -1.86. The lowest BCUT2D eigenvalue weighted by Crippen LogP contribution is -2.56. The first-order chi connectivity index (χ1) is 19.8. The number of benzene rings is 3. The van der Waals surface area contributed by atoms with Crippen molar-refractivity contribution in [3.63, 3.8) is 0 Å². The van der Waals surface area contributed by atoms with Gasteiger partial charge in [-0.05, 0) is 23.1 Å². The highest BCUT2D eigenvalue weighted by Gasteiger charge is 2.43. The quantitative estimate of drug-likeness (QED) is 0.272. The number of hydrogen-bond donors (Lipinski definition) is 4. The molecule has 1 fully saturated rings. The van der Waals surface area contributed by atoms with E-state index in [1.54, 1.807) is 42.5 Å². The van der Waals surface area contributed by atoms with Crippen molar-refractivity contribution in [1.82, 2.24) is 15.5 Å². The van der Waals surface area contributed by atoms with Gasteiger partial charge in [-0.15, -0.1) is 11.8 Å². The summed E-state index contributed by atoms with van der Waals surface area (Å²) >= 11 is 1.38. The Morgan fingerprint density at radius 1 is 0.902 bits per heavy atom. The maximum Gasteiger partial charge on any atom is 0.407 e. The van der Waals surface area contributed by atoms with E-state index in [1.807, 2.05) is 48.5 Å². The second-order valence-electron chi connectivity index (χ2n) is 9.42. The maximum absolute atomic E-state index is 13.5. The lowest BCUT2D eigenvalue weighted by molar-refractivity contribution is -0.149. The molecule has 3 aromatic carbocycles. The number of carbonyl (C=O) groups is 4. The predicted molar refractivity (Wildman–Crippen MR) is 153 cm³/mol. The number of ether oxygens (including phenoxy) is 1. The molecule has 0 bridgehead atoms. The molecule has 4 atom stereocenters. The number of carboxylic acids is 1. The lowest BCUT2D eigenvalue weighted by atomic mass is 10.0. The van der Waals surface area contributed by atoms with Crippen LogP contribution in [-0.2, 0) is 32.1 Å². The van der Waals surface area contributed by atoms with Crippen LogP contribution in [-0.4, -0.2) is 69.5 Å². The Morgan fingerprint density at radius 3 is 2.10 bits per heavy atom. The highest BCUT2D eigenvalue weighted by molar-refractivity contribution is 7.99. The van der Waals surface area contributed by atoms with Gasteiger partial charge >= 0.3 is 12.1 Å². The SMILES string of the molecule is O=C(NCC(=O)N1C(c2ccccc2)SC[C@H]1C(=O)N[C@@H](Cc1ccccc1)C(O)C(=O)O)OCc1ccccc1. The number of carboxylic acid groups (broad SMARTS) is 1. The zero-order chi connectivity index (χ0) is 29.2. The third kappa shape index (κ3) is 8.09. The van der Waals surface area contributed by atoms with E-state index in [9.17, 15) is 29.4 Å². The fraction of sp³-hybridized carbons (Fsp3) is 0.267. The minimum absolute atomic E-state index is 0.0345. The largest absolute Gasteiger partial charge is 0.479 e. The van der Waals surface area contributed by atoms with Crippen LogP contribution in [0.1, 0.15) is 22.1 Å². The maximum atomic E-state index is 13.5. The highest BCUT2D eigenvalue weighted by Crippen LogP contribution is 2.41. The van der Waals surface area contributed by atoms with Gasteiger partial charge in [0.25, 0.3) is 0 Å². The molecule has 0 spiro atoms. The molecule has 2 unspecified atom stereocenters. The molecule has 3 amide bonds. The van der Waals surface area contributed by atoms with Crippen LogP contribution in [0.15, 0.2) is 91.0 Å². The van der Waals surface area contributed by atoms with Gasteiger partial charge in [-0.25, -0.2) is 9.59 Å². The van der Waals surface area contributed by atoms with Crippen molar-refractivity contribution in [1.29, 1.82) is 0 Å². The number of rotatable bonds is 11. The van der Waals surface area contributed by atoms with Crippen LogP contribution < -0.4 is 10.6 Å². The van der Waals surface area contributed by atoms with E-state index >= 15 is 0 Å². The topological polar surface area (TPSA) is 145 Å². The Labute approximate surface area is 241 Å². The van der Waals surface area contributed by atoms with Crippen LogP contribution in [0.25, 0.3) is 0 Å². The Morgan fingerprint density at radius 2 is 1.49 bits per heavy atom. The molecule has 41 heavy (non-hydrogen) atoms. The molecule has 11 heteroatoms. The van der Waals surface area contributed by atoms with Crippen molar-refractivity contribution in [2.75, 3.05) is 12.3 Å². The minimum Gasteiger partial charge on any atom is -0.479 e. The van der Waals surface area contributed by atoms with Gasteiger partial charge in [0.2, 0.25) is 11.8 Å². The Balaban J connectivity index is 1.47. The standard InChI is InChI=1S/C30H31N3O7S/c34-25(17-31-30(39)40-18-21-12-6-2-7-13-21)33-24(19-41-28(33)22-14-8-3-9-15-22)27(36)32-23(26(35)29(37)38)16-20-10-4-1-5-11-20/h1-15,23-24,26,28,35H,16-19H2,(H,31,39)(H,32,36)(H,37,38)/t23-,24-,26?,28?/m0/s1. The smallest absolute Gasteiger partial charge is 0.407 e. The van der Waals surface area contributed by atoms with Gasteiger partial charge in [0.15, 0.2) is 6.10 Å². The first-order valence-electron chi connectivity index (χ1n) is 13.0. The summed E-state index contributed by atoms with van der Waals surface area (Å²) in [5, 5.41) is 24.4. The average molecular weight is 578 g/mol. The van der Waals surface area contributed by atoms with E-state index in [-0.39, 0.29) is 18.8 Å². The molecule has 1 aliphatic heterocycles. The van der Waals surface area contributed by atoms with Gasteiger partial charge in [0, 0.05) is 5.75 Å². The molecule has 0 aromatic heterocycles. The summed E-state index contributed by atoms with van der Waals surface area (Å²) in [6.07, 6.45) is -2.56. The van der Waals surface area contributed by atoms with E-state index in [0.717, 1.165) is 16.7 Å². The Kier molecular flexibility index (Phi) is 10.4. The van der Waals surface area contributed by atoms with E-state index in [0.29, 0.717) is 0 Å². The molecule has 1 heterocycles. The summed E-state index contributed by atoms with van der Waals surface area (Å²) < 4.78 is 5.20. The number of carbonyl (C=O) groups excluding carboxylic acids is 3. The molecular weight excluding hydrogens is 546 g/mol. The van der Waals surface area contributed by atoms with Crippen LogP contribution in [0.3, 0.4) is 0 Å². The number of alkyl carbamates (subject to hydrolysis) is 1. The number of aliphatic hydroxyl groups is 1. The number of aliphatic carboxylic acids is 1. The van der Waals surface area contributed by atoms with Crippen molar-refractivity contribution < 1.29 is 34.1 Å². The number of nitrogens with one attached hydrogen (secondary N) is 2. The van der Waals surface area contributed by atoms with E-state index in [1.165, 1.54) is 16.7 Å². The summed E-state index contributed by atoms with van der Waals surface area (Å²) in [4.78, 5) is 52.3. The molecule has 3 aromatic rings. The second-order valence-corrected chi connectivity index (χ2v) is 10.5. The third-order valence-corrected chi connectivity index (χ3v) is 7.86. The van der Waals surface area contributed by atoms with Crippen LogP contribution in [0.5, 0.6) is 0 Å². The summed E-state index contributed by atoms with van der Waals surface area (Å²) in [5.74, 6) is -2.35. The molecule has 4 rings (SSSR count). The van der Waals surface area contributed by atoms with Crippen molar-refractivity contribution in [3.8, 4) is 0 Å². The summed E-state index contributed by atoms with van der Waals surface area (Å²) in [6, 6.07) is 25.0. The van der Waals surface area contributed by atoms with Gasteiger partial charge in [-0.3, -0.25) is 9.59 Å². The van der Waals surface area contributed by atoms with Crippen LogP contribution >= 0.6 is 11.8 Å². The molecule has 1 aliphatic rings. The monoisotopic (exact) mass is 577 g/mol. The molecule has 214 valence electrons. The fourth-order valence-electron chi connectivity index (χ4n) is 4.46. The second kappa shape index (κ2) is 14.3. The summed E-state index contributed by atoms with van der Waals surface area (Å²) in [5.41, 5.74) is 2.31. The number of amides is 3. The molecule has 1 saturated heterocycles. The predicted octanol–water partition coefficient (Wildman–Crippen LogP) is 2.73. The van der Waals surface area contributed by atoms with Gasteiger partial charge in [-0.1, -0.05) is 91.0 Å². The van der Waals surface area contributed by atoms with E-state index < -0.39 is 54.0 Å². The molecule has 0 saturated carbocycles. The molecular formula is C30H31N3O7S. The van der Waals surface area contributed by atoms with E-state index in [4.69, 9.17) is 4.74 Å². The number of thioether (sulfide) groups is 1. The van der Waals surface area contributed by atoms with Crippen molar-refractivity contribution in [2.24, 2.45) is 0 Å². The fourth-order valence-corrected chi connectivity index (χ4v) is 5.91. The lowest BCUT2D eigenvalue weighted by Gasteiger charge is -2.31. The number of nitrogens with zero attached hydrogens (tertiary/aromatic N) is 1. The zero-order valence-corrected chi connectivity index (χ0v) is 22.9. The zero-order valence-electron chi connectivity index (χ0n) is 22.1. The Hall–Kier alpha value is -4.35. The Bertz CT molecular complexity index is 1330. The van der Waals surface area contributed by atoms with Gasteiger partial charge in [0.05, 0.1) is 6.04 Å². The van der Waals surface area contributed by atoms with Crippen molar-refractivity contribution >= 4 is 35.6 Å². The highest BCUT2D eigenvalue weighted by atomic mass is 32.2. The van der Waals surface area contributed by atoms with Crippen molar-refractivity contribution in [2.45, 2.75) is 36.6 Å². The average Bonchev–Trinajstić information content (AvgIpc) is 3.45. The van der Waals surface area contributed by atoms with E-state index in [2.05, 4.69) is 10.6 Å². The van der Waals surface area contributed by atoms with Gasteiger partial charge in [-0.2, -0.15) is 0 Å². The van der Waals surface area contributed by atoms with Crippen molar-refractivity contribution in [3.05, 3.63) is 108 Å². The van der Waals surface area contributed by atoms with Crippen LogP contribution in [0.4, 0.5) is 4.79 Å². The first-order valence-corrected chi connectivity index (χ1v) is 14.1. The van der Waals surface area contributed by atoms with Gasteiger partial charge in [0.1, 0.15) is 24.6 Å². The van der Waals surface area contributed by atoms with Crippen LogP contribution in [0.2, 0.25) is 0 Å². The molecule has 0 aliphatic carbocycles.